The van der Waals surface area contributed by atoms with E-state index in [4.69, 9.17) is 4.52 Å². The maximum absolute atomic E-state index is 14.1. The monoisotopic (exact) mass is 488 g/mol. The van der Waals surface area contributed by atoms with Gasteiger partial charge in [0.25, 0.3) is 0 Å². The lowest BCUT2D eigenvalue weighted by atomic mass is 10.1. The van der Waals surface area contributed by atoms with Crippen molar-refractivity contribution in [3.63, 3.8) is 0 Å². The fourth-order valence-electron chi connectivity index (χ4n) is 3.64. The van der Waals surface area contributed by atoms with E-state index in [0.29, 0.717) is 40.8 Å². The summed E-state index contributed by atoms with van der Waals surface area (Å²) in [7, 11) is 0. The van der Waals surface area contributed by atoms with Crippen molar-refractivity contribution in [2.24, 2.45) is 0 Å². The molecule has 0 atom stereocenters. The number of imidazole rings is 1. The number of halogens is 2. The van der Waals surface area contributed by atoms with Crippen LogP contribution in [0.3, 0.4) is 0 Å². The molecule has 0 bridgehead atoms. The topological polar surface area (TPSA) is 85.4 Å². The van der Waals surface area contributed by atoms with Crippen molar-refractivity contribution in [1.82, 2.24) is 29.9 Å². The average Bonchev–Trinajstić information content (AvgIpc) is 3.52. The molecule has 4 aromatic rings. The second-order valence-corrected chi connectivity index (χ2v) is 8.11. The molecule has 156 valence electrons. The van der Waals surface area contributed by atoms with E-state index < -0.39 is 0 Å². The molecule has 0 amide bonds. The Bertz CT molecular complexity index is 1550. The summed E-state index contributed by atoms with van der Waals surface area (Å²) in [6.45, 7) is 0.343. The average molecular weight is 489 g/mol. The van der Waals surface area contributed by atoms with E-state index in [-0.39, 0.29) is 5.82 Å². The van der Waals surface area contributed by atoms with Crippen LogP contribution in [0.1, 0.15) is 5.76 Å². The maximum Gasteiger partial charge on any atom is 0.172 e. The predicted octanol–water partition coefficient (Wildman–Crippen LogP) is 5.53. The third kappa shape index (κ3) is 3.18. The first kappa shape index (κ1) is 18.9. The van der Waals surface area contributed by atoms with Crippen LogP contribution < -0.4 is 0 Å². The Morgan fingerprint density at radius 2 is 1.94 bits per heavy atom. The molecule has 1 N–H and O–H groups in total. The number of hydrogen-bond donors (Lipinski definition) is 1. The zero-order valence-corrected chi connectivity index (χ0v) is 18.0. The number of aromatic nitrogens is 6. The van der Waals surface area contributed by atoms with Crippen LogP contribution in [0.25, 0.3) is 44.9 Å². The zero-order chi connectivity index (χ0) is 21.7. The van der Waals surface area contributed by atoms with Gasteiger partial charge < -0.3 is 9.51 Å². The molecule has 0 fully saturated rings. The molecule has 0 aliphatic carbocycles. The largest absolute Gasteiger partial charge is 0.361 e. The smallest absolute Gasteiger partial charge is 0.172 e. The van der Waals surface area contributed by atoms with Crippen molar-refractivity contribution in [3.8, 4) is 34.0 Å². The van der Waals surface area contributed by atoms with Crippen LogP contribution in [0.5, 0.6) is 0 Å². The minimum absolute atomic E-state index is 0.334. The van der Waals surface area contributed by atoms with Crippen molar-refractivity contribution >= 4 is 26.8 Å². The van der Waals surface area contributed by atoms with Gasteiger partial charge in [0.1, 0.15) is 29.4 Å². The molecular weight excluding hydrogens is 475 g/mol. The second-order valence-electron chi connectivity index (χ2n) is 7.32. The summed E-state index contributed by atoms with van der Waals surface area (Å²) in [6.07, 6.45) is 5.27. The lowest BCUT2D eigenvalue weighted by molar-refractivity contribution is 0.371. The first-order chi connectivity index (χ1) is 15.7. The SMILES string of the molecule is Fc1ccccc1-c1nc2cnn(Cc3onc(-c4ccc5cc[nH]c5c4)c3Br)cc-2n1. The number of fused-ring (bicyclic) bond motifs is 2. The van der Waals surface area contributed by atoms with Crippen LogP contribution in [-0.2, 0) is 6.54 Å². The van der Waals surface area contributed by atoms with Crippen molar-refractivity contribution < 1.29 is 8.91 Å². The molecule has 0 radical (unpaired) electrons. The van der Waals surface area contributed by atoms with Crippen LogP contribution in [-0.4, -0.2) is 29.9 Å². The van der Waals surface area contributed by atoms with Crippen molar-refractivity contribution in [3.05, 3.63) is 83.2 Å². The van der Waals surface area contributed by atoms with E-state index in [1.807, 2.05) is 30.5 Å². The zero-order valence-electron chi connectivity index (χ0n) is 16.5. The van der Waals surface area contributed by atoms with Gasteiger partial charge in [-0.2, -0.15) is 5.10 Å². The Kier molecular flexibility index (Phi) is 4.36. The third-order valence-electron chi connectivity index (χ3n) is 5.26. The Morgan fingerprint density at radius 1 is 1.06 bits per heavy atom. The highest BCUT2D eigenvalue weighted by molar-refractivity contribution is 9.10. The number of aromatic amines is 1. The van der Waals surface area contributed by atoms with Crippen LogP contribution >= 0.6 is 15.9 Å². The van der Waals surface area contributed by atoms with Gasteiger partial charge in [-0.15, -0.1) is 0 Å². The molecule has 2 aliphatic heterocycles. The Morgan fingerprint density at radius 3 is 2.84 bits per heavy atom. The van der Waals surface area contributed by atoms with Gasteiger partial charge in [0.05, 0.1) is 22.4 Å². The number of hydrogen-bond acceptors (Lipinski definition) is 5. The van der Waals surface area contributed by atoms with Crippen LogP contribution in [0, 0.1) is 5.82 Å². The quantitative estimate of drug-likeness (QED) is 0.352. The lowest BCUT2D eigenvalue weighted by Gasteiger charge is -2.04. The molecule has 6 rings (SSSR count). The van der Waals surface area contributed by atoms with Crippen molar-refractivity contribution in [2.45, 2.75) is 6.54 Å². The van der Waals surface area contributed by atoms with Crippen LogP contribution in [0.4, 0.5) is 4.39 Å². The van der Waals surface area contributed by atoms with E-state index in [9.17, 15) is 4.39 Å². The molecular formula is C23H14BrFN6O. The predicted molar refractivity (Wildman–Crippen MR) is 120 cm³/mol. The summed E-state index contributed by atoms with van der Waals surface area (Å²) in [5, 5.41) is 9.77. The molecule has 0 saturated heterocycles. The van der Waals surface area contributed by atoms with E-state index in [1.165, 1.54) is 6.07 Å². The highest BCUT2D eigenvalue weighted by atomic mass is 79.9. The summed E-state index contributed by atoms with van der Waals surface area (Å²) >= 11 is 3.62. The van der Waals surface area contributed by atoms with Crippen molar-refractivity contribution in [1.29, 1.82) is 0 Å². The minimum Gasteiger partial charge on any atom is -0.361 e. The molecule has 0 unspecified atom stereocenters. The van der Waals surface area contributed by atoms with Gasteiger partial charge in [-0.25, -0.2) is 14.4 Å². The normalized spacial score (nSPS) is 11.6. The summed E-state index contributed by atoms with van der Waals surface area (Å²) < 4.78 is 22.1. The molecule has 0 spiro atoms. The Labute approximate surface area is 189 Å². The van der Waals surface area contributed by atoms with E-state index >= 15 is 0 Å². The van der Waals surface area contributed by atoms with Gasteiger partial charge >= 0.3 is 0 Å². The maximum atomic E-state index is 14.1. The number of nitrogens with one attached hydrogen (secondary N) is 1. The summed E-state index contributed by atoms with van der Waals surface area (Å²) in [5.74, 6) is 0.595. The number of H-pyrrole nitrogens is 1. The summed E-state index contributed by atoms with van der Waals surface area (Å²) in [5.41, 5.74) is 4.25. The molecule has 2 aromatic heterocycles. The van der Waals surface area contributed by atoms with Gasteiger partial charge in [-0.05, 0) is 45.6 Å². The molecule has 7 nitrogen and oxygen atoms in total. The van der Waals surface area contributed by atoms with Gasteiger partial charge in [0.15, 0.2) is 11.6 Å². The van der Waals surface area contributed by atoms with Gasteiger partial charge in [0, 0.05) is 17.3 Å². The molecule has 2 aromatic carbocycles. The fraction of sp³-hybridized carbons (Fsp3) is 0.0435. The summed E-state index contributed by atoms with van der Waals surface area (Å²) in [6, 6.07) is 14.5. The van der Waals surface area contributed by atoms with Crippen LogP contribution in [0.15, 0.2) is 76.1 Å². The summed E-state index contributed by atoms with van der Waals surface area (Å²) in [4.78, 5) is 12.1. The highest BCUT2D eigenvalue weighted by Gasteiger charge is 2.19. The molecule has 32 heavy (non-hydrogen) atoms. The van der Waals surface area contributed by atoms with Gasteiger partial charge in [-0.1, -0.05) is 29.4 Å². The molecule has 2 aliphatic rings. The van der Waals surface area contributed by atoms with Gasteiger partial charge in [-0.3, -0.25) is 4.68 Å². The highest BCUT2D eigenvalue weighted by Crippen LogP contribution is 2.33. The Hall–Kier alpha value is -3.85. The first-order valence-electron chi connectivity index (χ1n) is 9.82. The van der Waals surface area contributed by atoms with Crippen molar-refractivity contribution in [2.75, 3.05) is 0 Å². The Balaban J connectivity index is 1.31. The minimum atomic E-state index is -0.362. The fourth-order valence-corrected chi connectivity index (χ4v) is 4.14. The lowest BCUT2D eigenvalue weighted by Crippen LogP contribution is -2.05. The number of rotatable bonds is 4. The van der Waals surface area contributed by atoms with Gasteiger partial charge in [0.2, 0.25) is 0 Å². The second kappa shape index (κ2) is 7.38. The molecule has 9 heteroatoms. The standard InChI is InChI=1S/C23H14BrFN6O/c24-21-20(32-30-22(21)14-6-5-13-7-8-26-17(13)9-14)12-31-11-19-18(10-27-31)28-23(29-19)15-3-1-2-4-16(15)25/h1-11,26H,12H2. The van der Waals surface area contributed by atoms with Crippen LogP contribution in [0.2, 0.25) is 0 Å². The van der Waals surface area contributed by atoms with E-state index in [0.717, 1.165) is 20.9 Å². The third-order valence-corrected chi connectivity index (χ3v) is 6.08. The number of nitrogens with zero attached hydrogens (tertiary/aromatic N) is 5. The van der Waals surface area contributed by atoms with E-state index in [1.54, 1.807) is 35.3 Å². The van der Waals surface area contributed by atoms with E-state index in [2.05, 4.69) is 41.1 Å². The first-order valence-corrected chi connectivity index (χ1v) is 10.6. The molecule has 0 saturated carbocycles. The molecule has 4 heterocycles. The number of benzene rings is 2.